The number of nitrogens with zero attached hydrogens (tertiary/aromatic N) is 2. The molecule has 0 amide bonds. The van der Waals surface area contributed by atoms with Gasteiger partial charge in [0.25, 0.3) is 0 Å². The summed E-state index contributed by atoms with van der Waals surface area (Å²) in [7, 11) is 0. The van der Waals surface area contributed by atoms with Crippen LogP contribution in [0.2, 0.25) is 0 Å². The minimum Gasteiger partial charge on any atom is -0.424 e. The predicted molar refractivity (Wildman–Crippen MR) is 51.4 cm³/mol. The predicted octanol–water partition coefficient (Wildman–Crippen LogP) is 1.40. The lowest BCUT2D eigenvalue weighted by atomic mass is 10.1. The third kappa shape index (κ3) is 2.22. The molecule has 4 nitrogen and oxygen atoms in total. The van der Waals surface area contributed by atoms with Crippen molar-refractivity contribution in [2.45, 2.75) is 13.0 Å². The van der Waals surface area contributed by atoms with Crippen LogP contribution < -0.4 is 5.73 Å². The van der Waals surface area contributed by atoms with Crippen LogP contribution in [0.5, 0.6) is 0 Å². The molecule has 0 spiro atoms. The van der Waals surface area contributed by atoms with Crippen molar-refractivity contribution in [1.29, 1.82) is 0 Å². The van der Waals surface area contributed by atoms with Crippen LogP contribution in [0, 0.1) is 11.6 Å². The standard InChI is InChI=1S/C10H9F2N3O/c11-7-2-1-6(8(12)4-7)3-9-14-15-10(5-13)16-9/h1-2,4H,3,5,13H2. The maximum atomic E-state index is 13.3. The third-order valence-electron chi connectivity index (χ3n) is 2.04. The molecular weight excluding hydrogens is 216 g/mol. The number of halogens is 2. The molecule has 0 radical (unpaired) electrons. The average molecular weight is 225 g/mol. The summed E-state index contributed by atoms with van der Waals surface area (Å²) in [5.41, 5.74) is 5.59. The molecule has 2 N–H and O–H groups in total. The highest BCUT2D eigenvalue weighted by Crippen LogP contribution is 2.13. The molecule has 16 heavy (non-hydrogen) atoms. The number of aromatic nitrogens is 2. The van der Waals surface area contributed by atoms with Crippen LogP contribution in [0.25, 0.3) is 0 Å². The Hall–Kier alpha value is -1.82. The molecule has 0 bridgehead atoms. The lowest BCUT2D eigenvalue weighted by Crippen LogP contribution is -1.95. The highest BCUT2D eigenvalue weighted by atomic mass is 19.1. The maximum Gasteiger partial charge on any atom is 0.230 e. The number of nitrogens with two attached hydrogens (primary N) is 1. The van der Waals surface area contributed by atoms with E-state index in [9.17, 15) is 8.78 Å². The molecule has 2 aromatic rings. The van der Waals surface area contributed by atoms with Crippen molar-refractivity contribution in [3.05, 3.63) is 47.2 Å². The summed E-state index contributed by atoms with van der Waals surface area (Å²) in [6.45, 7) is 0.138. The van der Waals surface area contributed by atoms with E-state index in [4.69, 9.17) is 10.2 Å². The molecule has 0 saturated carbocycles. The fourth-order valence-corrected chi connectivity index (χ4v) is 1.27. The van der Waals surface area contributed by atoms with Crippen molar-refractivity contribution in [3.8, 4) is 0 Å². The molecule has 0 atom stereocenters. The first-order valence-electron chi connectivity index (χ1n) is 4.64. The van der Waals surface area contributed by atoms with Gasteiger partial charge in [-0.15, -0.1) is 10.2 Å². The summed E-state index contributed by atoms with van der Waals surface area (Å²) in [6, 6.07) is 3.34. The monoisotopic (exact) mass is 225 g/mol. The first kappa shape index (κ1) is 10.7. The molecule has 1 aromatic carbocycles. The molecule has 0 saturated heterocycles. The number of hydrogen-bond donors (Lipinski definition) is 1. The molecule has 0 fully saturated rings. The van der Waals surface area contributed by atoms with Crippen LogP contribution in [0.1, 0.15) is 17.3 Å². The van der Waals surface area contributed by atoms with Gasteiger partial charge in [-0.2, -0.15) is 0 Å². The smallest absolute Gasteiger partial charge is 0.230 e. The lowest BCUT2D eigenvalue weighted by Gasteiger charge is -1.99. The van der Waals surface area contributed by atoms with Crippen molar-refractivity contribution in [3.63, 3.8) is 0 Å². The van der Waals surface area contributed by atoms with Gasteiger partial charge >= 0.3 is 0 Å². The number of hydrogen-bond acceptors (Lipinski definition) is 4. The normalized spacial score (nSPS) is 10.7. The van der Waals surface area contributed by atoms with Gasteiger partial charge < -0.3 is 10.2 Å². The molecule has 1 heterocycles. The molecule has 0 unspecified atom stereocenters. The largest absolute Gasteiger partial charge is 0.424 e. The van der Waals surface area contributed by atoms with Crippen LogP contribution in [-0.2, 0) is 13.0 Å². The SMILES string of the molecule is NCc1nnc(Cc2ccc(F)cc2F)o1. The van der Waals surface area contributed by atoms with Gasteiger partial charge in [0.1, 0.15) is 11.6 Å². The first-order valence-corrected chi connectivity index (χ1v) is 4.64. The zero-order chi connectivity index (χ0) is 11.5. The van der Waals surface area contributed by atoms with Gasteiger partial charge in [-0.1, -0.05) is 6.07 Å². The van der Waals surface area contributed by atoms with Crippen LogP contribution in [0.4, 0.5) is 8.78 Å². The van der Waals surface area contributed by atoms with Gasteiger partial charge in [0, 0.05) is 6.07 Å². The van der Waals surface area contributed by atoms with E-state index in [1.54, 1.807) is 0 Å². The summed E-state index contributed by atoms with van der Waals surface area (Å²) < 4.78 is 31.0. The van der Waals surface area contributed by atoms with Gasteiger partial charge in [0.05, 0.1) is 13.0 Å². The Bertz CT molecular complexity index is 499. The van der Waals surface area contributed by atoms with E-state index in [0.717, 1.165) is 6.07 Å². The van der Waals surface area contributed by atoms with Gasteiger partial charge in [-0.3, -0.25) is 0 Å². The Balaban J connectivity index is 2.20. The average Bonchev–Trinajstić information content (AvgIpc) is 2.70. The Morgan fingerprint density at radius 1 is 1.19 bits per heavy atom. The molecule has 2 rings (SSSR count). The van der Waals surface area contributed by atoms with E-state index in [-0.39, 0.29) is 24.7 Å². The minimum absolute atomic E-state index is 0.124. The summed E-state index contributed by atoms with van der Waals surface area (Å²) >= 11 is 0. The molecular formula is C10H9F2N3O. The Morgan fingerprint density at radius 3 is 2.56 bits per heavy atom. The zero-order valence-corrected chi connectivity index (χ0v) is 8.28. The van der Waals surface area contributed by atoms with Crippen LogP contribution >= 0.6 is 0 Å². The lowest BCUT2D eigenvalue weighted by molar-refractivity contribution is 0.456. The Labute approximate surface area is 90.1 Å². The van der Waals surface area contributed by atoms with E-state index >= 15 is 0 Å². The molecule has 84 valence electrons. The number of benzene rings is 1. The quantitative estimate of drug-likeness (QED) is 0.857. The van der Waals surface area contributed by atoms with Gasteiger partial charge in [0.2, 0.25) is 11.8 Å². The van der Waals surface area contributed by atoms with Crippen LogP contribution in [0.3, 0.4) is 0 Å². The van der Waals surface area contributed by atoms with Crippen LogP contribution in [-0.4, -0.2) is 10.2 Å². The fraction of sp³-hybridized carbons (Fsp3) is 0.200. The van der Waals surface area contributed by atoms with Crippen molar-refractivity contribution in [1.82, 2.24) is 10.2 Å². The molecule has 0 aliphatic heterocycles. The maximum absolute atomic E-state index is 13.3. The second kappa shape index (κ2) is 4.36. The van der Waals surface area contributed by atoms with E-state index in [0.29, 0.717) is 5.56 Å². The van der Waals surface area contributed by atoms with Crippen molar-refractivity contribution < 1.29 is 13.2 Å². The number of rotatable bonds is 3. The van der Waals surface area contributed by atoms with Crippen molar-refractivity contribution >= 4 is 0 Å². The van der Waals surface area contributed by atoms with Crippen molar-refractivity contribution in [2.24, 2.45) is 5.73 Å². The van der Waals surface area contributed by atoms with Gasteiger partial charge in [0.15, 0.2) is 0 Å². The highest BCUT2D eigenvalue weighted by molar-refractivity contribution is 5.21. The molecule has 1 aromatic heterocycles. The van der Waals surface area contributed by atoms with E-state index in [1.165, 1.54) is 12.1 Å². The summed E-state index contributed by atoms with van der Waals surface area (Å²) in [6.07, 6.45) is 0.124. The topological polar surface area (TPSA) is 64.9 Å². The second-order valence-corrected chi connectivity index (χ2v) is 3.21. The van der Waals surface area contributed by atoms with Crippen LogP contribution in [0.15, 0.2) is 22.6 Å². The molecule has 6 heteroatoms. The fourth-order valence-electron chi connectivity index (χ4n) is 1.27. The van der Waals surface area contributed by atoms with E-state index in [2.05, 4.69) is 10.2 Å². The second-order valence-electron chi connectivity index (χ2n) is 3.21. The summed E-state index contributed by atoms with van der Waals surface area (Å²) in [5.74, 6) is -0.703. The third-order valence-corrected chi connectivity index (χ3v) is 2.04. The summed E-state index contributed by atoms with van der Waals surface area (Å²) in [4.78, 5) is 0. The van der Waals surface area contributed by atoms with E-state index < -0.39 is 11.6 Å². The first-order chi connectivity index (χ1) is 7.69. The minimum atomic E-state index is -0.632. The molecule has 0 aliphatic rings. The van der Waals surface area contributed by atoms with Gasteiger partial charge in [-0.05, 0) is 11.6 Å². The Kier molecular flexibility index (Phi) is 2.91. The van der Waals surface area contributed by atoms with Gasteiger partial charge in [-0.25, -0.2) is 8.78 Å². The molecule has 0 aliphatic carbocycles. The summed E-state index contributed by atoms with van der Waals surface area (Å²) in [5, 5.41) is 7.33. The van der Waals surface area contributed by atoms with Crippen molar-refractivity contribution in [2.75, 3.05) is 0 Å². The zero-order valence-electron chi connectivity index (χ0n) is 8.28. The Morgan fingerprint density at radius 2 is 1.94 bits per heavy atom. The highest BCUT2D eigenvalue weighted by Gasteiger charge is 2.09. The van der Waals surface area contributed by atoms with E-state index in [1.807, 2.05) is 0 Å².